The molecule has 21 heavy (non-hydrogen) atoms. The minimum absolute atomic E-state index is 0.164. The van der Waals surface area contributed by atoms with Gasteiger partial charge >= 0.3 is 0 Å². The predicted octanol–water partition coefficient (Wildman–Crippen LogP) is 1.18. The summed E-state index contributed by atoms with van der Waals surface area (Å²) in [6, 6.07) is 7.39. The van der Waals surface area contributed by atoms with E-state index in [1.54, 1.807) is 6.07 Å². The Kier molecular flexibility index (Phi) is 2.79. The number of aromatic nitrogens is 1. The molecule has 3 rings (SSSR count). The van der Waals surface area contributed by atoms with Crippen molar-refractivity contribution in [2.45, 2.75) is 6.92 Å². The molecule has 0 unspecified atom stereocenters. The molecule has 1 aromatic heterocycles. The van der Waals surface area contributed by atoms with Gasteiger partial charge in [-0.25, -0.2) is 4.90 Å². The van der Waals surface area contributed by atoms with Gasteiger partial charge in [0.25, 0.3) is 11.8 Å². The molecule has 6 nitrogen and oxygen atoms in total. The van der Waals surface area contributed by atoms with Crippen molar-refractivity contribution in [3.8, 4) is 11.3 Å². The molecular weight excluding hydrogens is 272 g/mol. The smallest absolute Gasteiger partial charge is 0.268 e. The number of pyridine rings is 1. The third-order valence-corrected chi connectivity index (χ3v) is 3.29. The Morgan fingerprint density at radius 3 is 2.38 bits per heavy atom. The number of rotatable bonds is 1. The van der Waals surface area contributed by atoms with Crippen LogP contribution in [0.25, 0.3) is 11.3 Å². The van der Waals surface area contributed by atoms with E-state index >= 15 is 0 Å². The highest BCUT2D eigenvalue weighted by molar-refractivity contribution is 6.28. The van der Waals surface area contributed by atoms with E-state index in [-0.39, 0.29) is 16.6 Å². The molecule has 1 aliphatic rings. The lowest BCUT2D eigenvalue weighted by Crippen LogP contribution is -2.33. The minimum Gasteiger partial charge on any atom is -0.361 e. The number of imide groups is 3. The molecular formula is C15H10N2O4. The maximum Gasteiger partial charge on any atom is 0.268 e. The Morgan fingerprint density at radius 2 is 1.71 bits per heavy atom. The molecule has 0 atom stereocenters. The molecule has 2 aromatic rings. The van der Waals surface area contributed by atoms with Crippen LogP contribution in [0.15, 0.2) is 41.3 Å². The van der Waals surface area contributed by atoms with Gasteiger partial charge in [0.1, 0.15) is 0 Å². The monoisotopic (exact) mass is 282 g/mol. The lowest BCUT2D eigenvalue weighted by molar-refractivity contribution is -0.124. The first-order valence-corrected chi connectivity index (χ1v) is 6.21. The Bertz CT molecular complexity index is 851. The van der Waals surface area contributed by atoms with E-state index in [4.69, 9.17) is 0 Å². The fourth-order valence-electron chi connectivity index (χ4n) is 2.31. The van der Waals surface area contributed by atoms with Crippen LogP contribution in [-0.2, 0) is 4.79 Å². The number of amides is 3. The number of nitrogens with zero attached hydrogens (tertiary/aromatic N) is 1. The lowest BCUT2D eigenvalue weighted by atomic mass is 10.0. The van der Waals surface area contributed by atoms with E-state index in [1.807, 2.05) is 0 Å². The van der Waals surface area contributed by atoms with Crippen LogP contribution in [0.1, 0.15) is 27.6 Å². The second-order valence-corrected chi connectivity index (χ2v) is 4.66. The Morgan fingerprint density at radius 1 is 1.00 bits per heavy atom. The van der Waals surface area contributed by atoms with Gasteiger partial charge in [-0.1, -0.05) is 6.07 Å². The molecule has 1 aliphatic heterocycles. The van der Waals surface area contributed by atoms with Crippen LogP contribution in [0.5, 0.6) is 0 Å². The molecule has 0 saturated carbocycles. The van der Waals surface area contributed by atoms with Crippen molar-refractivity contribution in [2.75, 3.05) is 0 Å². The first kappa shape index (κ1) is 13.0. The molecule has 0 aliphatic carbocycles. The molecule has 0 spiro atoms. The van der Waals surface area contributed by atoms with Gasteiger partial charge in [0.15, 0.2) is 5.43 Å². The quantitative estimate of drug-likeness (QED) is 0.796. The van der Waals surface area contributed by atoms with E-state index < -0.39 is 17.7 Å². The van der Waals surface area contributed by atoms with Gasteiger partial charge in [0, 0.05) is 30.9 Å². The second kappa shape index (κ2) is 4.52. The van der Waals surface area contributed by atoms with E-state index in [9.17, 15) is 19.2 Å². The van der Waals surface area contributed by atoms with E-state index in [1.165, 1.54) is 30.5 Å². The SMILES string of the molecule is CC(=O)N1C(=O)c2ccc(-c3cc(=O)cc[nH]3)cc2C1=O. The summed E-state index contributed by atoms with van der Waals surface area (Å²) in [5.74, 6) is -1.87. The van der Waals surface area contributed by atoms with Gasteiger partial charge in [-0.05, 0) is 17.7 Å². The molecule has 1 aromatic carbocycles. The predicted molar refractivity (Wildman–Crippen MR) is 73.7 cm³/mol. The fourth-order valence-corrected chi connectivity index (χ4v) is 2.31. The topological polar surface area (TPSA) is 87.3 Å². The zero-order chi connectivity index (χ0) is 15.1. The Labute approximate surface area is 119 Å². The first-order chi connectivity index (χ1) is 9.99. The van der Waals surface area contributed by atoms with Crippen LogP contribution in [0.3, 0.4) is 0 Å². The number of carbonyl (C=O) groups excluding carboxylic acids is 3. The average Bonchev–Trinajstić information content (AvgIpc) is 2.70. The van der Waals surface area contributed by atoms with Crippen molar-refractivity contribution in [1.82, 2.24) is 9.88 Å². The summed E-state index contributed by atoms with van der Waals surface area (Å²) in [6.07, 6.45) is 1.50. The molecule has 3 amide bonds. The van der Waals surface area contributed by atoms with Gasteiger partial charge in [0.05, 0.1) is 11.1 Å². The van der Waals surface area contributed by atoms with E-state index in [2.05, 4.69) is 4.98 Å². The zero-order valence-electron chi connectivity index (χ0n) is 11.0. The normalized spacial score (nSPS) is 13.5. The number of H-pyrrole nitrogens is 1. The fraction of sp³-hybridized carbons (Fsp3) is 0.0667. The molecule has 0 radical (unpaired) electrons. The van der Waals surface area contributed by atoms with Crippen LogP contribution < -0.4 is 5.43 Å². The van der Waals surface area contributed by atoms with Gasteiger partial charge in [0.2, 0.25) is 5.91 Å². The maximum absolute atomic E-state index is 12.1. The second-order valence-electron chi connectivity index (χ2n) is 4.66. The number of hydrogen-bond acceptors (Lipinski definition) is 4. The number of hydrogen-bond donors (Lipinski definition) is 1. The number of benzene rings is 1. The van der Waals surface area contributed by atoms with Crippen molar-refractivity contribution in [3.05, 3.63) is 57.9 Å². The van der Waals surface area contributed by atoms with Gasteiger partial charge < -0.3 is 4.98 Å². The summed E-state index contributed by atoms with van der Waals surface area (Å²) < 4.78 is 0. The third-order valence-electron chi connectivity index (χ3n) is 3.29. The summed E-state index contributed by atoms with van der Waals surface area (Å²) >= 11 is 0. The molecule has 2 heterocycles. The molecule has 1 N–H and O–H groups in total. The minimum atomic E-state index is -0.636. The van der Waals surface area contributed by atoms with Crippen LogP contribution in [-0.4, -0.2) is 27.6 Å². The molecule has 0 bridgehead atoms. The molecule has 0 fully saturated rings. The summed E-state index contributed by atoms with van der Waals surface area (Å²) in [4.78, 5) is 50.3. The summed E-state index contributed by atoms with van der Waals surface area (Å²) in [6.45, 7) is 1.16. The van der Waals surface area contributed by atoms with Crippen molar-refractivity contribution in [3.63, 3.8) is 0 Å². The van der Waals surface area contributed by atoms with Gasteiger partial charge in [-0.2, -0.15) is 0 Å². The highest BCUT2D eigenvalue weighted by Gasteiger charge is 2.38. The lowest BCUT2D eigenvalue weighted by Gasteiger charge is -2.06. The van der Waals surface area contributed by atoms with Crippen LogP contribution in [0.2, 0.25) is 0 Å². The highest BCUT2D eigenvalue weighted by Crippen LogP contribution is 2.27. The van der Waals surface area contributed by atoms with Gasteiger partial charge in [-0.15, -0.1) is 0 Å². The van der Waals surface area contributed by atoms with Gasteiger partial charge in [-0.3, -0.25) is 19.2 Å². The van der Waals surface area contributed by atoms with Crippen molar-refractivity contribution >= 4 is 17.7 Å². The van der Waals surface area contributed by atoms with Crippen molar-refractivity contribution in [2.24, 2.45) is 0 Å². The molecule has 6 heteroatoms. The third kappa shape index (κ3) is 1.97. The molecule has 104 valence electrons. The van der Waals surface area contributed by atoms with Crippen LogP contribution in [0, 0.1) is 0 Å². The maximum atomic E-state index is 12.1. The van der Waals surface area contributed by atoms with E-state index in [0.717, 1.165) is 6.92 Å². The van der Waals surface area contributed by atoms with Crippen molar-refractivity contribution < 1.29 is 14.4 Å². The number of carbonyl (C=O) groups is 3. The Balaban J connectivity index is 2.13. The largest absolute Gasteiger partial charge is 0.361 e. The summed E-state index contributed by atoms with van der Waals surface area (Å²) in [5.41, 5.74) is 1.32. The summed E-state index contributed by atoms with van der Waals surface area (Å²) in [7, 11) is 0. The van der Waals surface area contributed by atoms with Crippen LogP contribution >= 0.6 is 0 Å². The van der Waals surface area contributed by atoms with E-state index in [0.29, 0.717) is 16.2 Å². The number of aromatic amines is 1. The average molecular weight is 282 g/mol. The molecule has 0 saturated heterocycles. The number of nitrogens with one attached hydrogen (secondary N) is 1. The van der Waals surface area contributed by atoms with Crippen LogP contribution in [0.4, 0.5) is 0 Å². The first-order valence-electron chi connectivity index (χ1n) is 6.21. The summed E-state index contributed by atoms with van der Waals surface area (Å²) in [5, 5.41) is 0. The zero-order valence-corrected chi connectivity index (χ0v) is 11.0. The standard InChI is InChI=1S/C15H10N2O4/c1-8(18)17-14(20)11-3-2-9(6-12(11)15(17)21)13-7-10(19)4-5-16-13/h2-7H,1H3,(H,16,19). The highest BCUT2D eigenvalue weighted by atomic mass is 16.2. The van der Waals surface area contributed by atoms with Crippen molar-refractivity contribution in [1.29, 1.82) is 0 Å². The Hall–Kier alpha value is -3.02. The number of fused-ring (bicyclic) bond motifs is 1.